The third-order valence-corrected chi connectivity index (χ3v) is 3.89. The second-order valence-corrected chi connectivity index (χ2v) is 5.91. The maximum Gasteiger partial charge on any atom is 0.277 e. The standard InChI is InChI=1S/C18H21N5O2/c1-4-22(3)15-7-5-6-14(8-15)20-18(24)17-9-16(25-21-17)12-23-11-13(2)10-19-23/h5-11H,4,12H2,1-3H3,(H,20,24). The first-order valence-electron chi connectivity index (χ1n) is 8.12. The minimum Gasteiger partial charge on any atom is -0.375 e. The summed E-state index contributed by atoms with van der Waals surface area (Å²) in [5.41, 5.74) is 3.06. The Morgan fingerprint density at radius 1 is 1.36 bits per heavy atom. The zero-order valence-electron chi connectivity index (χ0n) is 14.6. The summed E-state index contributed by atoms with van der Waals surface area (Å²) in [7, 11) is 2.00. The van der Waals surface area contributed by atoms with E-state index in [1.165, 1.54) is 0 Å². The van der Waals surface area contributed by atoms with Gasteiger partial charge in [-0.25, -0.2) is 0 Å². The first-order chi connectivity index (χ1) is 12.0. The molecule has 7 heteroatoms. The second-order valence-electron chi connectivity index (χ2n) is 5.91. The smallest absolute Gasteiger partial charge is 0.277 e. The Morgan fingerprint density at radius 3 is 2.92 bits per heavy atom. The van der Waals surface area contributed by atoms with Crippen LogP contribution < -0.4 is 10.2 Å². The van der Waals surface area contributed by atoms with Crippen molar-refractivity contribution in [1.29, 1.82) is 0 Å². The van der Waals surface area contributed by atoms with E-state index in [0.29, 0.717) is 12.3 Å². The molecular weight excluding hydrogens is 318 g/mol. The van der Waals surface area contributed by atoms with Gasteiger partial charge in [-0.1, -0.05) is 11.2 Å². The summed E-state index contributed by atoms with van der Waals surface area (Å²) in [6, 6.07) is 9.31. The summed E-state index contributed by atoms with van der Waals surface area (Å²) >= 11 is 0. The van der Waals surface area contributed by atoms with Crippen LogP contribution in [0.15, 0.2) is 47.2 Å². The number of benzene rings is 1. The molecule has 0 spiro atoms. The van der Waals surface area contributed by atoms with E-state index < -0.39 is 0 Å². The van der Waals surface area contributed by atoms with Crippen molar-refractivity contribution in [2.45, 2.75) is 20.4 Å². The Morgan fingerprint density at radius 2 is 2.20 bits per heavy atom. The minimum absolute atomic E-state index is 0.244. The van der Waals surface area contributed by atoms with Gasteiger partial charge in [-0.3, -0.25) is 9.48 Å². The van der Waals surface area contributed by atoms with Crippen molar-refractivity contribution in [3.05, 3.63) is 59.7 Å². The summed E-state index contributed by atoms with van der Waals surface area (Å²) in [6.45, 7) is 5.36. The van der Waals surface area contributed by atoms with Crippen LogP contribution in [-0.4, -0.2) is 34.4 Å². The summed E-state index contributed by atoms with van der Waals surface area (Å²) in [6.07, 6.45) is 3.67. The molecule has 2 aromatic heterocycles. The molecule has 25 heavy (non-hydrogen) atoms. The third kappa shape index (κ3) is 4.06. The monoisotopic (exact) mass is 339 g/mol. The molecule has 0 fully saturated rings. The van der Waals surface area contributed by atoms with Gasteiger partial charge in [-0.15, -0.1) is 0 Å². The van der Waals surface area contributed by atoms with E-state index in [-0.39, 0.29) is 11.6 Å². The zero-order chi connectivity index (χ0) is 17.8. The van der Waals surface area contributed by atoms with E-state index in [1.54, 1.807) is 16.9 Å². The second kappa shape index (κ2) is 7.21. The van der Waals surface area contributed by atoms with Crippen LogP contribution in [0.25, 0.3) is 0 Å². The molecule has 2 heterocycles. The Bertz CT molecular complexity index is 868. The van der Waals surface area contributed by atoms with Gasteiger partial charge in [0.25, 0.3) is 5.91 Å². The fourth-order valence-electron chi connectivity index (χ4n) is 2.41. The van der Waals surface area contributed by atoms with Crippen molar-refractivity contribution in [3.63, 3.8) is 0 Å². The van der Waals surface area contributed by atoms with Crippen molar-refractivity contribution >= 4 is 17.3 Å². The number of nitrogens with one attached hydrogen (secondary N) is 1. The third-order valence-electron chi connectivity index (χ3n) is 3.89. The van der Waals surface area contributed by atoms with E-state index in [4.69, 9.17) is 4.52 Å². The molecule has 0 radical (unpaired) electrons. The number of hydrogen-bond acceptors (Lipinski definition) is 5. The van der Waals surface area contributed by atoms with Crippen LogP contribution in [0, 0.1) is 6.92 Å². The van der Waals surface area contributed by atoms with Gasteiger partial charge in [-0.05, 0) is 37.6 Å². The van der Waals surface area contributed by atoms with Crippen LogP contribution in [0.4, 0.5) is 11.4 Å². The fourth-order valence-corrected chi connectivity index (χ4v) is 2.41. The number of rotatable bonds is 6. The van der Waals surface area contributed by atoms with Crippen LogP contribution in [0.5, 0.6) is 0 Å². The van der Waals surface area contributed by atoms with Crippen molar-refractivity contribution in [3.8, 4) is 0 Å². The lowest BCUT2D eigenvalue weighted by Crippen LogP contribution is -2.16. The fraction of sp³-hybridized carbons (Fsp3) is 0.278. The van der Waals surface area contributed by atoms with Gasteiger partial charge >= 0.3 is 0 Å². The van der Waals surface area contributed by atoms with Gasteiger partial charge in [0.2, 0.25) is 0 Å². The molecule has 1 N–H and O–H groups in total. The van der Waals surface area contributed by atoms with Gasteiger partial charge in [-0.2, -0.15) is 5.10 Å². The van der Waals surface area contributed by atoms with Crippen LogP contribution in [-0.2, 0) is 6.54 Å². The van der Waals surface area contributed by atoms with Crippen LogP contribution >= 0.6 is 0 Å². The first-order valence-corrected chi connectivity index (χ1v) is 8.12. The van der Waals surface area contributed by atoms with Crippen molar-refractivity contribution in [1.82, 2.24) is 14.9 Å². The number of amides is 1. The largest absolute Gasteiger partial charge is 0.375 e. The highest BCUT2D eigenvalue weighted by Crippen LogP contribution is 2.19. The molecule has 0 bridgehead atoms. The number of hydrogen-bond donors (Lipinski definition) is 1. The molecule has 0 aliphatic carbocycles. The molecular formula is C18H21N5O2. The molecule has 7 nitrogen and oxygen atoms in total. The van der Waals surface area contributed by atoms with E-state index in [1.807, 2.05) is 44.4 Å². The van der Waals surface area contributed by atoms with Gasteiger partial charge in [0.15, 0.2) is 11.5 Å². The normalized spacial score (nSPS) is 10.7. The van der Waals surface area contributed by atoms with E-state index in [2.05, 4.69) is 27.4 Å². The SMILES string of the molecule is CCN(C)c1cccc(NC(=O)c2cc(Cn3cc(C)cn3)on2)c1. The van der Waals surface area contributed by atoms with E-state index >= 15 is 0 Å². The number of carbonyl (C=O) groups excluding carboxylic acids is 1. The Labute approximate surface area is 146 Å². The number of carbonyl (C=O) groups is 1. The number of aromatic nitrogens is 3. The molecule has 0 saturated carbocycles. The highest BCUT2D eigenvalue weighted by atomic mass is 16.5. The highest BCUT2D eigenvalue weighted by molar-refractivity contribution is 6.03. The minimum atomic E-state index is -0.303. The maximum absolute atomic E-state index is 12.4. The van der Waals surface area contributed by atoms with E-state index in [9.17, 15) is 4.79 Å². The lowest BCUT2D eigenvalue weighted by Gasteiger charge is -2.17. The predicted octanol–water partition coefficient (Wildman–Crippen LogP) is 2.94. The summed E-state index contributed by atoms with van der Waals surface area (Å²) in [5, 5.41) is 10.9. The molecule has 0 saturated heterocycles. The van der Waals surface area contributed by atoms with Crippen molar-refractivity contribution in [2.24, 2.45) is 0 Å². The molecule has 3 rings (SSSR count). The first kappa shape index (κ1) is 16.8. The Balaban J connectivity index is 1.67. The number of aryl methyl sites for hydroxylation is 1. The molecule has 0 aliphatic heterocycles. The van der Waals surface area contributed by atoms with Gasteiger partial charge in [0.05, 0.1) is 6.20 Å². The Hall–Kier alpha value is -3.09. The van der Waals surface area contributed by atoms with Gasteiger partial charge in [0.1, 0.15) is 6.54 Å². The van der Waals surface area contributed by atoms with Crippen LogP contribution in [0.2, 0.25) is 0 Å². The number of anilines is 2. The molecule has 1 amide bonds. The lowest BCUT2D eigenvalue weighted by atomic mass is 10.2. The van der Waals surface area contributed by atoms with Gasteiger partial charge < -0.3 is 14.7 Å². The van der Waals surface area contributed by atoms with Crippen molar-refractivity contribution in [2.75, 3.05) is 23.8 Å². The quantitative estimate of drug-likeness (QED) is 0.747. The van der Waals surface area contributed by atoms with Crippen molar-refractivity contribution < 1.29 is 9.32 Å². The van der Waals surface area contributed by atoms with E-state index in [0.717, 1.165) is 23.5 Å². The molecule has 0 aliphatic rings. The predicted molar refractivity (Wildman–Crippen MR) is 95.9 cm³/mol. The van der Waals surface area contributed by atoms with Crippen LogP contribution in [0.1, 0.15) is 28.7 Å². The summed E-state index contributed by atoms with van der Waals surface area (Å²) in [5.74, 6) is 0.274. The average molecular weight is 339 g/mol. The molecule has 0 unspecified atom stereocenters. The average Bonchev–Trinajstić information content (AvgIpc) is 3.24. The zero-order valence-corrected chi connectivity index (χ0v) is 14.6. The molecule has 130 valence electrons. The molecule has 0 atom stereocenters. The maximum atomic E-state index is 12.4. The summed E-state index contributed by atoms with van der Waals surface area (Å²) in [4.78, 5) is 14.5. The summed E-state index contributed by atoms with van der Waals surface area (Å²) < 4.78 is 6.97. The molecule has 3 aromatic rings. The lowest BCUT2D eigenvalue weighted by molar-refractivity contribution is 0.101. The topological polar surface area (TPSA) is 76.2 Å². The highest BCUT2D eigenvalue weighted by Gasteiger charge is 2.14. The van der Waals surface area contributed by atoms with Crippen LogP contribution in [0.3, 0.4) is 0 Å². The van der Waals surface area contributed by atoms with Gasteiger partial charge in [0, 0.05) is 37.2 Å². The number of nitrogens with zero attached hydrogens (tertiary/aromatic N) is 4. The Kier molecular flexibility index (Phi) is 4.83. The molecule has 1 aromatic carbocycles.